The summed E-state index contributed by atoms with van der Waals surface area (Å²) in [6.45, 7) is 0.326. The fourth-order valence-electron chi connectivity index (χ4n) is 4.29. The van der Waals surface area contributed by atoms with Crippen LogP contribution in [0.1, 0.15) is 43.2 Å². The predicted octanol–water partition coefficient (Wildman–Crippen LogP) is 4.68. The molecule has 2 aromatic rings. The van der Waals surface area contributed by atoms with Crippen LogP contribution in [0.2, 0.25) is 5.02 Å². The van der Waals surface area contributed by atoms with Gasteiger partial charge < -0.3 is 10.1 Å². The summed E-state index contributed by atoms with van der Waals surface area (Å²) in [5, 5.41) is 3.47. The van der Waals surface area contributed by atoms with Crippen LogP contribution in [0.5, 0.6) is 5.75 Å². The van der Waals surface area contributed by atoms with E-state index in [1.165, 1.54) is 17.0 Å². The predicted molar refractivity (Wildman–Crippen MR) is 115 cm³/mol. The maximum Gasteiger partial charge on any atom is 0.416 e. The lowest BCUT2D eigenvalue weighted by molar-refractivity contribution is -0.194. The average molecular weight is 479 g/mol. The smallest absolute Gasteiger partial charge is 0.416 e. The van der Waals surface area contributed by atoms with Gasteiger partial charge in [0, 0.05) is 24.0 Å². The van der Waals surface area contributed by atoms with E-state index in [1.54, 1.807) is 12.1 Å². The van der Waals surface area contributed by atoms with Gasteiger partial charge in [0.1, 0.15) is 5.75 Å². The second-order valence-electron chi connectivity index (χ2n) is 8.95. The monoisotopic (exact) mass is 478 g/mol. The Balaban J connectivity index is 1.43. The van der Waals surface area contributed by atoms with Crippen molar-refractivity contribution in [1.82, 2.24) is 10.2 Å². The van der Waals surface area contributed by atoms with Crippen LogP contribution in [0.15, 0.2) is 48.5 Å². The van der Waals surface area contributed by atoms with Crippen LogP contribution < -0.4 is 10.1 Å². The van der Waals surface area contributed by atoms with Crippen LogP contribution in [0.3, 0.4) is 0 Å². The average Bonchev–Trinajstić information content (AvgIpc) is 3.67. The first-order valence-electron chi connectivity index (χ1n) is 10.9. The topological polar surface area (TPSA) is 58.6 Å². The van der Waals surface area contributed by atoms with Gasteiger partial charge >= 0.3 is 6.18 Å². The molecule has 9 heteroatoms. The van der Waals surface area contributed by atoms with Crippen molar-refractivity contribution < 1.29 is 27.5 Å². The molecule has 0 radical (unpaired) electrons. The van der Waals surface area contributed by atoms with E-state index in [0.717, 1.165) is 30.5 Å². The number of benzene rings is 2. The third-order valence-corrected chi connectivity index (χ3v) is 6.90. The van der Waals surface area contributed by atoms with Gasteiger partial charge in [-0.25, -0.2) is 0 Å². The van der Waals surface area contributed by atoms with E-state index in [9.17, 15) is 22.8 Å². The first-order valence-corrected chi connectivity index (χ1v) is 11.3. The summed E-state index contributed by atoms with van der Waals surface area (Å²) in [5.74, 6) is -0.548. The van der Waals surface area contributed by atoms with E-state index >= 15 is 0 Å². The Hall–Kier alpha value is -2.74. The van der Waals surface area contributed by atoms with Crippen LogP contribution in [0.4, 0.5) is 13.2 Å². The van der Waals surface area contributed by atoms with Gasteiger partial charge in [0.05, 0.1) is 11.0 Å². The zero-order chi connectivity index (χ0) is 23.4. The first kappa shape index (κ1) is 22.1. The Kier molecular flexibility index (Phi) is 5.12. The minimum absolute atomic E-state index is 0.0364. The highest BCUT2D eigenvalue weighted by atomic mass is 35.5. The Morgan fingerprint density at radius 3 is 2.12 bits per heavy atom. The Bertz CT molecular complexity index is 1080. The van der Waals surface area contributed by atoms with Gasteiger partial charge in [-0.15, -0.1) is 0 Å². The second-order valence-corrected chi connectivity index (χ2v) is 9.39. The molecule has 1 aliphatic heterocycles. The van der Waals surface area contributed by atoms with Gasteiger partial charge in [-0.1, -0.05) is 23.7 Å². The van der Waals surface area contributed by atoms with Crippen molar-refractivity contribution in [2.75, 3.05) is 6.54 Å². The fourth-order valence-corrected chi connectivity index (χ4v) is 4.42. The molecule has 174 valence electrons. The van der Waals surface area contributed by atoms with E-state index in [4.69, 9.17) is 16.3 Å². The van der Waals surface area contributed by atoms with Crippen LogP contribution in [0, 0.1) is 0 Å². The number of amides is 2. The van der Waals surface area contributed by atoms with Crippen molar-refractivity contribution in [3.05, 3.63) is 64.7 Å². The summed E-state index contributed by atoms with van der Waals surface area (Å²) in [6, 6.07) is 11.3. The number of carbonyl (C=O) groups is 2. The fraction of sp³-hybridized carbons (Fsp3) is 0.417. The zero-order valence-electron chi connectivity index (χ0n) is 17.6. The molecule has 5 rings (SSSR count). The largest absolute Gasteiger partial charge is 0.458 e. The van der Waals surface area contributed by atoms with Crippen LogP contribution in [0.25, 0.3) is 0 Å². The van der Waals surface area contributed by atoms with Gasteiger partial charge in [0.2, 0.25) is 5.91 Å². The molecule has 1 unspecified atom stereocenters. The van der Waals surface area contributed by atoms with E-state index in [1.807, 2.05) is 12.1 Å². The number of alkyl halides is 3. The van der Waals surface area contributed by atoms with Gasteiger partial charge in [0.15, 0.2) is 0 Å². The molecule has 3 fully saturated rings. The molecule has 1 atom stereocenters. The highest BCUT2D eigenvalue weighted by Crippen LogP contribution is 2.52. The molecule has 0 bridgehead atoms. The quantitative estimate of drug-likeness (QED) is 0.656. The summed E-state index contributed by atoms with van der Waals surface area (Å²) >= 11 is 5.99. The molecule has 1 heterocycles. The molecule has 2 amide bonds. The summed E-state index contributed by atoms with van der Waals surface area (Å²) in [5.41, 5.74) is -2.30. The summed E-state index contributed by atoms with van der Waals surface area (Å²) in [4.78, 5) is 28.4. The lowest BCUT2D eigenvalue weighted by atomic mass is 9.88. The van der Waals surface area contributed by atoms with Crippen molar-refractivity contribution in [3.63, 3.8) is 0 Å². The molecular weight excluding hydrogens is 457 g/mol. The number of hydrogen-bond acceptors (Lipinski definition) is 3. The normalized spacial score (nSPS) is 23.5. The molecule has 0 spiro atoms. The van der Waals surface area contributed by atoms with Gasteiger partial charge in [-0.3, -0.25) is 14.5 Å². The maximum absolute atomic E-state index is 13.7. The van der Waals surface area contributed by atoms with E-state index in [2.05, 4.69) is 5.32 Å². The molecule has 1 saturated heterocycles. The van der Waals surface area contributed by atoms with Crippen molar-refractivity contribution in [2.45, 2.75) is 55.5 Å². The lowest BCUT2D eigenvalue weighted by Gasteiger charge is -2.51. The van der Waals surface area contributed by atoms with Gasteiger partial charge in [-0.2, -0.15) is 13.2 Å². The number of hydrogen-bond donors (Lipinski definition) is 1. The minimum Gasteiger partial charge on any atom is -0.458 e. The molecule has 2 saturated carbocycles. The zero-order valence-corrected chi connectivity index (χ0v) is 18.4. The molecule has 2 aliphatic carbocycles. The summed E-state index contributed by atoms with van der Waals surface area (Å²) < 4.78 is 44.8. The Labute approximate surface area is 193 Å². The maximum atomic E-state index is 13.7. The number of carbonyl (C=O) groups excluding carboxylic acids is 2. The van der Waals surface area contributed by atoms with Crippen LogP contribution >= 0.6 is 11.6 Å². The number of nitrogens with one attached hydrogen (secondary N) is 1. The molecule has 2 aromatic carbocycles. The highest BCUT2D eigenvalue weighted by molar-refractivity contribution is 6.30. The summed E-state index contributed by atoms with van der Waals surface area (Å²) in [7, 11) is 0. The third kappa shape index (κ3) is 3.94. The minimum atomic E-state index is -4.48. The van der Waals surface area contributed by atoms with E-state index in [0.29, 0.717) is 24.4 Å². The molecule has 3 aliphatic rings. The number of nitrogens with zero attached hydrogens (tertiary/aromatic N) is 1. The van der Waals surface area contributed by atoms with E-state index < -0.39 is 28.8 Å². The van der Waals surface area contributed by atoms with Crippen molar-refractivity contribution >= 4 is 23.4 Å². The standard InChI is InChI=1S/C24H22ClF3N2O3/c25-17-5-1-15(2-6-17)22(11-12-22)21(32)30-14-13-23(30,20(31)29-18-7-8-18)33-19-9-3-16(4-10-19)24(26,27)28/h1-6,9-10,18H,7-8,11-14H2,(H,29,31). The molecule has 1 N–H and O–H groups in total. The van der Waals surface area contributed by atoms with Crippen molar-refractivity contribution in [2.24, 2.45) is 0 Å². The second kappa shape index (κ2) is 7.65. The third-order valence-electron chi connectivity index (χ3n) is 6.65. The lowest BCUT2D eigenvalue weighted by Crippen LogP contribution is -2.73. The van der Waals surface area contributed by atoms with Crippen LogP contribution in [-0.4, -0.2) is 35.0 Å². The number of halogens is 4. The molecule has 0 aromatic heterocycles. The Morgan fingerprint density at radius 2 is 1.64 bits per heavy atom. The van der Waals surface area contributed by atoms with Crippen molar-refractivity contribution in [3.8, 4) is 5.75 Å². The van der Waals surface area contributed by atoms with Crippen LogP contribution in [-0.2, 0) is 21.2 Å². The number of ether oxygens (including phenoxy) is 1. The molecule has 33 heavy (non-hydrogen) atoms. The Morgan fingerprint density at radius 1 is 1.00 bits per heavy atom. The highest BCUT2D eigenvalue weighted by Gasteiger charge is 2.63. The molecule has 5 nitrogen and oxygen atoms in total. The first-order chi connectivity index (χ1) is 15.6. The molecular formula is C24H22ClF3N2O3. The summed E-state index contributed by atoms with van der Waals surface area (Å²) in [6.07, 6.45) is -1.23. The van der Waals surface area contributed by atoms with Gasteiger partial charge in [-0.05, 0) is 67.6 Å². The number of rotatable bonds is 6. The van der Waals surface area contributed by atoms with Gasteiger partial charge in [0.25, 0.3) is 11.6 Å². The number of likely N-dealkylation sites (tertiary alicyclic amines) is 1. The SMILES string of the molecule is O=C(N1CCC1(Oc1ccc(C(F)(F)F)cc1)C(=O)NC1CC1)C1(c2ccc(Cl)cc2)CC1. The van der Waals surface area contributed by atoms with E-state index in [-0.39, 0.29) is 24.1 Å². The van der Waals surface area contributed by atoms with Crippen molar-refractivity contribution in [1.29, 1.82) is 0 Å².